The Morgan fingerprint density at radius 1 is 1.37 bits per heavy atom. The fourth-order valence-electron chi connectivity index (χ4n) is 2.57. The molecular formula is C14H21ClF2N2. The second-order valence-electron chi connectivity index (χ2n) is 5.02. The lowest BCUT2D eigenvalue weighted by molar-refractivity contribution is 0.150. The molecule has 1 atom stereocenters. The fourth-order valence-corrected chi connectivity index (χ4v) is 2.57. The minimum atomic E-state index is -2.39. The van der Waals surface area contributed by atoms with Crippen molar-refractivity contribution in [1.82, 2.24) is 4.90 Å². The van der Waals surface area contributed by atoms with Crippen LogP contribution in [0.25, 0.3) is 0 Å². The molecule has 1 fully saturated rings. The number of piperidine rings is 1. The number of nitrogens with two attached hydrogens (primary N) is 1. The molecule has 1 saturated heterocycles. The highest BCUT2D eigenvalue weighted by atomic mass is 35.5. The van der Waals surface area contributed by atoms with E-state index < -0.39 is 6.43 Å². The monoisotopic (exact) mass is 290 g/mol. The maximum absolute atomic E-state index is 12.6. The van der Waals surface area contributed by atoms with Crippen LogP contribution in [-0.2, 0) is 6.54 Å². The van der Waals surface area contributed by atoms with Gasteiger partial charge in [-0.1, -0.05) is 18.2 Å². The van der Waals surface area contributed by atoms with E-state index in [-0.39, 0.29) is 18.0 Å². The van der Waals surface area contributed by atoms with Crippen molar-refractivity contribution in [2.45, 2.75) is 25.8 Å². The van der Waals surface area contributed by atoms with Crippen molar-refractivity contribution < 1.29 is 8.78 Å². The Bertz CT molecular complexity index is 387. The van der Waals surface area contributed by atoms with Gasteiger partial charge in [-0.3, -0.25) is 4.90 Å². The summed E-state index contributed by atoms with van der Waals surface area (Å²) >= 11 is 0. The topological polar surface area (TPSA) is 29.3 Å². The van der Waals surface area contributed by atoms with Crippen LogP contribution < -0.4 is 5.73 Å². The molecule has 0 radical (unpaired) electrons. The number of likely N-dealkylation sites (tertiary alicyclic amines) is 1. The molecule has 2 nitrogen and oxygen atoms in total. The van der Waals surface area contributed by atoms with E-state index in [9.17, 15) is 8.78 Å². The largest absolute Gasteiger partial charge is 0.330 e. The van der Waals surface area contributed by atoms with Gasteiger partial charge in [0.1, 0.15) is 0 Å². The summed E-state index contributed by atoms with van der Waals surface area (Å²) in [6.07, 6.45) is -0.0522. The lowest BCUT2D eigenvalue weighted by atomic mass is 9.98. The Kier molecular flexibility index (Phi) is 6.69. The summed E-state index contributed by atoms with van der Waals surface area (Å²) in [6.45, 7) is 3.48. The molecule has 1 unspecified atom stereocenters. The molecule has 108 valence electrons. The molecule has 0 saturated carbocycles. The molecule has 2 rings (SSSR count). The predicted octanol–water partition coefficient (Wildman–Crippen LogP) is 3.22. The van der Waals surface area contributed by atoms with Crippen molar-refractivity contribution >= 4 is 12.4 Å². The third-order valence-electron chi connectivity index (χ3n) is 3.55. The maximum Gasteiger partial charge on any atom is 0.263 e. The summed E-state index contributed by atoms with van der Waals surface area (Å²) in [6, 6.07) is 6.71. The zero-order valence-electron chi connectivity index (χ0n) is 10.9. The number of hydrogen-bond acceptors (Lipinski definition) is 2. The zero-order chi connectivity index (χ0) is 13.0. The van der Waals surface area contributed by atoms with E-state index >= 15 is 0 Å². The highest BCUT2D eigenvalue weighted by molar-refractivity contribution is 5.85. The lowest BCUT2D eigenvalue weighted by Gasteiger charge is -2.32. The number of nitrogens with zero attached hydrogens (tertiary/aromatic N) is 1. The van der Waals surface area contributed by atoms with Crippen molar-refractivity contribution in [3.05, 3.63) is 35.4 Å². The van der Waals surface area contributed by atoms with E-state index in [0.717, 1.165) is 31.6 Å². The molecule has 0 aromatic heterocycles. The van der Waals surface area contributed by atoms with Crippen LogP contribution in [0.3, 0.4) is 0 Å². The van der Waals surface area contributed by atoms with E-state index in [0.29, 0.717) is 12.5 Å². The fraction of sp³-hybridized carbons (Fsp3) is 0.571. The average molecular weight is 291 g/mol. The molecule has 0 amide bonds. The van der Waals surface area contributed by atoms with Crippen molar-refractivity contribution in [1.29, 1.82) is 0 Å². The van der Waals surface area contributed by atoms with E-state index in [4.69, 9.17) is 5.73 Å². The van der Waals surface area contributed by atoms with E-state index in [1.807, 2.05) is 6.07 Å². The Balaban J connectivity index is 0.00000180. The third kappa shape index (κ3) is 4.71. The van der Waals surface area contributed by atoms with Crippen molar-refractivity contribution in [3.8, 4) is 0 Å². The summed E-state index contributed by atoms with van der Waals surface area (Å²) in [5.41, 5.74) is 6.77. The van der Waals surface area contributed by atoms with Gasteiger partial charge in [0.2, 0.25) is 0 Å². The maximum atomic E-state index is 12.6. The highest BCUT2D eigenvalue weighted by Crippen LogP contribution is 2.22. The normalized spacial score (nSPS) is 20.3. The van der Waals surface area contributed by atoms with Crippen molar-refractivity contribution in [2.24, 2.45) is 11.7 Å². The number of hydrogen-bond donors (Lipinski definition) is 1. The molecule has 1 aliphatic rings. The highest BCUT2D eigenvalue weighted by Gasteiger charge is 2.18. The van der Waals surface area contributed by atoms with Gasteiger partial charge >= 0.3 is 0 Å². The third-order valence-corrected chi connectivity index (χ3v) is 3.55. The second kappa shape index (κ2) is 7.78. The van der Waals surface area contributed by atoms with Gasteiger partial charge in [-0.25, -0.2) is 8.78 Å². The Hall–Kier alpha value is -0.710. The summed E-state index contributed by atoms with van der Waals surface area (Å²) in [5.74, 6) is 0.553. The van der Waals surface area contributed by atoms with Crippen LogP contribution in [0.15, 0.2) is 24.3 Å². The minimum Gasteiger partial charge on any atom is -0.330 e. The van der Waals surface area contributed by atoms with E-state index in [1.165, 1.54) is 12.5 Å². The van der Waals surface area contributed by atoms with Gasteiger partial charge in [-0.05, 0) is 43.5 Å². The first-order chi connectivity index (χ1) is 8.69. The van der Waals surface area contributed by atoms with Crippen molar-refractivity contribution in [2.75, 3.05) is 19.6 Å². The molecule has 2 N–H and O–H groups in total. The van der Waals surface area contributed by atoms with Crippen LogP contribution in [-0.4, -0.2) is 24.5 Å². The van der Waals surface area contributed by atoms with E-state index in [1.54, 1.807) is 12.1 Å². The van der Waals surface area contributed by atoms with Gasteiger partial charge in [0.15, 0.2) is 0 Å². The van der Waals surface area contributed by atoms with Crippen LogP contribution in [0.1, 0.15) is 30.4 Å². The summed E-state index contributed by atoms with van der Waals surface area (Å²) in [4.78, 5) is 2.31. The molecule has 1 aromatic carbocycles. The molecule has 0 aliphatic carbocycles. The van der Waals surface area contributed by atoms with Crippen LogP contribution in [0.5, 0.6) is 0 Å². The quantitative estimate of drug-likeness (QED) is 0.922. The average Bonchev–Trinajstić information content (AvgIpc) is 2.39. The van der Waals surface area contributed by atoms with Gasteiger partial charge in [0, 0.05) is 18.7 Å². The van der Waals surface area contributed by atoms with E-state index in [2.05, 4.69) is 4.90 Å². The smallest absolute Gasteiger partial charge is 0.263 e. The predicted molar refractivity (Wildman–Crippen MR) is 75.7 cm³/mol. The molecule has 5 heteroatoms. The Morgan fingerprint density at radius 2 is 2.16 bits per heavy atom. The van der Waals surface area contributed by atoms with Gasteiger partial charge in [0.25, 0.3) is 6.43 Å². The van der Waals surface area contributed by atoms with Crippen LogP contribution in [0, 0.1) is 5.92 Å². The first-order valence-corrected chi connectivity index (χ1v) is 6.48. The summed E-state index contributed by atoms with van der Waals surface area (Å²) in [7, 11) is 0. The molecular weight excluding hydrogens is 270 g/mol. The lowest BCUT2D eigenvalue weighted by Crippen LogP contribution is -2.37. The van der Waals surface area contributed by atoms with Gasteiger partial charge < -0.3 is 5.73 Å². The number of benzene rings is 1. The molecule has 1 aliphatic heterocycles. The van der Waals surface area contributed by atoms with Crippen LogP contribution >= 0.6 is 12.4 Å². The first kappa shape index (κ1) is 16.3. The molecule has 1 heterocycles. The number of rotatable bonds is 4. The van der Waals surface area contributed by atoms with Crippen molar-refractivity contribution in [3.63, 3.8) is 0 Å². The van der Waals surface area contributed by atoms with Gasteiger partial charge in [-0.2, -0.15) is 0 Å². The molecule has 19 heavy (non-hydrogen) atoms. The minimum absolute atomic E-state index is 0. The Labute approximate surface area is 119 Å². The van der Waals surface area contributed by atoms with Gasteiger partial charge in [-0.15, -0.1) is 12.4 Å². The molecule has 0 bridgehead atoms. The summed E-state index contributed by atoms with van der Waals surface area (Å²) < 4.78 is 25.2. The molecule has 1 aromatic rings. The van der Waals surface area contributed by atoms with Gasteiger partial charge in [0.05, 0.1) is 0 Å². The SMILES string of the molecule is Cl.NCC1CCCN(Cc2cccc(C(F)F)c2)C1. The standard InChI is InChI=1S/C14H20F2N2.ClH/c15-14(16)13-5-1-3-11(7-13)9-18-6-2-4-12(8-17)10-18;/h1,3,5,7,12,14H,2,4,6,8-10,17H2;1H. The first-order valence-electron chi connectivity index (χ1n) is 6.48. The number of alkyl halides is 2. The summed E-state index contributed by atoms with van der Waals surface area (Å²) in [5, 5.41) is 0. The number of halogens is 3. The zero-order valence-corrected chi connectivity index (χ0v) is 11.7. The van der Waals surface area contributed by atoms with Crippen LogP contribution in [0.4, 0.5) is 8.78 Å². The molecule has 0 spiro atoms. The second-order valence-corrected chi connectivity index (χ2v) is 5.02. The Morgan fingerprint density at radius 3 is 2.84 bits per heavy atom. The van der Waals surface area contributed by atoms with Crippen LogP contribution in [0.2, 0.25) is 0 Å².